The number of ether oxygens (including phenoxy) is 4. The van der Waals surface area contributed by atoms with Crippen molar-refractivity contribution in [3.63, 3.8) is 0 Å². The lowest BCUT2D eigenvalue weighted by Gasteiger charge is -2.35. The lowest BCUT2D eigenvalue weighted by atomic mass is 9.68. The molecule has 16 heteroatoms. The van der Waals surface area contributed by atoms with Crippen molar-refractivity contribution in [2.75, 3.05) is 26.4 Å². The van der Waals surface area contributed by atoms with Gasteiger partial charge in [-0.3, -0.25) is 9.59 Å². The summed E-state index contributed by atoms with van der Waals surface area (Å²) in [6.07, 6.45) is 20.7. The second-order valence-electron chi connectivity index (χ2n) is 30.6. The van der Waals surface area contributed by atoms with Crippen molar-refractivity contribution in [1.29, 1.82) is 21.0 Å². The van der Waals surface area contributed by atoms with Crippen molar-refractivity contribution in [3.8, 4) is 69.5 Å². The standard InChI is InChI=1S/C98H94Cl4N4O6S2/c1-9-17-21-59(13-5)55-109-69-33-25-65(26-34-69)97(66-27-35-70(36-28-66)110-56-60(14-6)22-18-10-2)85-45-76-82-42-74(44-84-92(64(53-105)54-106)78-48-88(100)90(102)50-80(78)94(84)108)114-96(82)98(67-29-37-71(38-30-67)111-57-61(15-7)23-19-11-3,68-31-39-72(40-32-68)112-58-62(16-8)24-20-12-4)86(76)46-75(85)81-41-73(113-95(81)97)43-83-91(63(51-103)52-104)77-47-87(99)89(101)49-79(77)93(83)107/h25-50,59-62H,9-24,55-58H2,1-8H3/b83-43-,84-44-. The maximum absolute atomic E-state index is 15.2. The molecule has 0 amide bonds. The molecule has 4 unspecified atom stereocenters. The molecule has 0 radical (unpaired) electrons. The van der Waals surface area contributed by atoms with Crippen LogP contribution in [0.4, 0.5) is 0 Å². The van der Waals surface area contributed by atoms with E-state index in [2.05, 4.69) is 201 Å². The van der Waals surface area contributed by atoms with Crippen LogP contribution in [0.1, 0.15) is 243 Å². The zero-order valence-corrected chi connectivity index (χ0v) is 70.7. The van der Waals surface area contributed by atoms with Gasteiger partial charge < -0.3 is 18.9 Å². The van der Waals surface area contributed by atoms with Crippen molar-refractivity contribution in [3.05, 3.63) is 263 Å². The zero-order valence-electron chi connectivity index (χ0n) is 66.0. The monoisotopic (exact) mass is 1630 g/mol. The van der Waals surface area contributed by atoms with Crippen LogP contribution in [-0.2, 0) is 10.8 Å². The molecule has 4 aliphatic rings. The number of allylic oxidation sites excluding steroid dienone is 6. The number of fused-ring (bicyclic) bond motifs is 8. The SMILES string of the molecule is CCCCC(CC)COc1ccc(C2(c3ccc(OCC(CC)CCCC)cc3)c3cc4c(cc3-c3cc(/C=C5\C(=O)c6cc(Cl)c(Cl)cc6C5=C(C#N)C#N)sc32)C(c2ccc(OCC(CC)CCCC)cc2)(c2ccc(OCC(CC)CCCC)cc2)c2sc(/C=C3\C(=O)c5cc(Cl)c(Cl)cc5C3=C(C#N)C#N)cc2-4)cc1. The molecular weight excluding hydrogens is 1540 g/mol. The highest BCUT2D eigenvalue weighted by Crippen LogP contribution is 2.66. The van der Waals surface area contributed by atoms with Crippen LogP contribution in [0.2, 0.25) is 20.1 Å². The predicted molar refractivity (Wildman–Crippen MR) is 466 cm³/mol. The third kappa shape index (κ3) is 15.8. The second kappa shape index (κ2) is 36.6. The summed E-state index contributed by atoms with van der Waals surface area (Å²) in [4.78, 5) is 33.6. The molecule has 0 bridgehead atoms. The van der Waals surface area contributed by atoms with E-state index >= 15 is 9.59 Å². The van der Waals surface area contributed by atoms with Gasteiger partial charge in [-0.1, -0.05) is 227 Å². The molecule has 0 spiro atoms. The molecule has 2 heterocycles. The number of thiophene rings is 2. The highest BCUT2D eigenvalue weighted by molar-refractivity contribution is 7.14. The highest BCUT2D eigenvalue weighted by Gasteiger charge is 2.54. The molecule has 13 rings (SSSR count). The summed E-state index contributed by atoms with van der Waals surface area (Å²) in [6.45, 7) is 20.1. The van der Waals surface area contributed by atoms with E-state index in [-0.39, 0.29) is 64.7 Å². The van der Waals surface area contributed by atoms with Gasteiger partial charge in [0.05, 0.1) is 57.3 Å². The second-order valence-corrected chi connectivity index (χ2v) is 34.4. The quantitative estimate of drug-likeness (QED) is 0.0280. The first-order valence-electron chi connectivity index (χ1n) is 40.5. The number of nitriles is 4. The largest absolute Gasteiger partial charge is 0.493 e. The molecule has 114 heavy (non-hydrogen) atoms. The fourth-order valence-corrected chi connectivity index (χ4v) is 20.4. The van der Waals surface area contributed by atoms with E-state index in [9.17, 15) is 21.0 Å². The van der Waals surface area contributed by atoms with Gasteiger partial charge in [-0.05, 0) is 225 Å². The van der Waals surface area contributed by atoms with E-state index < -0.39 is 22.4 Å². The Morgan fingerprint density at radius 1 is 0.368 bits per heavy atom. The summed E-state index contributed by atoms with van der Waals surface area (Å²) >= 11 is 29.9. The molecule has 0 saturated heterocycles. The Labute approximate surface area is 699 Å². The van der Waals surface area contributed by atoms with E-state index in [1.54, 1.807) is 34.8 Å². The van der Waals surface area contributed by atoms with Crippen LogP contribution >= 0.6 is 69.1 Å². The molecule has 582 valence electrons. The average Bonchev–Trinajstić information content (AvgIpc) is 1.50. The Bertz CT molecular complexity index is 4950. The maximum Gasteiger partial charge on any atom is 0.194 e. The highest BCUT2D eigenvalue weighted by atomic mass is 35.5. The van der Waals surface area contributed by atoms with Crippen molar-refractivity contribution >= 4 is 104 Å². The smallest absolute Gasteiger partial charge is 0.194 e. The number of rotatable bonds is 34. The first-order chi connectivity index (χ1) is 55.4. The third-order valence-corrected chi connectivity index (χ3v) is 27.5. The number of halogens is 4. The van der Waals surface area contributed by atoms with Crippen LogP contribution in [0.15, 0.2) is 168 Å². The molecule has 10 nitrogen and oxygen atoms in total. The molecular formula is C98H94Cl4N4O6S2. The Morgan fingerprint density at radius 2 is 0.632 bits per heavy atom. The van der Waals surface area contributed by atoms with Crippen LogP contribution in [0.25, 0.3) is 45.6 Å². The molecule has 0 N–H and O–H groups in total. The Morgan fingerprint density at radius 3 is 0.877 bits per heavy atom. The Balaban J connectivity index is 1.12. The Hall–Kier alpha value is -9.44. The van der Waals surface area contributed by atoms with Gasteiger partial charge in [0, 0.05) is 52.9 Å². The van der Waals surface area contributed by atoms with E-state index in [0.717, 1.165) is 191 Å². The number of carbonyl (C=O) groups excluding carboxylic acids is 2. The summed E-state index contributed by atoms with van der Waals surface area (Å²) < 4.78 is 27.0. The summed E-state index contributed by atoms with van der Waals surface area (Å²) in [5, 5.41) is 43.5. The van der Waals surface area contributed by atoms with Gasteiger partial charge in [-0.15, -0.1) is 22.7 Å². The van der Waals surface area contributed by atoms with Crippen LogP contribution in [0.3, 0.4) is 0 Å². The molecule has 9 aromatic rings. The average molecular weight is 1630 g/mol. The van der Waals surface area contributed by atoms with Crippen molar-refractivity contribution in [1.82, 2.24) is 0 Å². The minimum atomic E-state index is -1.12. The molecule has 0 aliphatic heterocycles. The van der Waals surface area contributed by atoms with Crippen LogP contribution in [0.5, 0.6) is 23.0 Å². The summed E-state index contributed by atoms with van der Waals surface area (Å²) in [7, 11) is 0. The van der Waals surface area contributed by atoms with Crippen molar-refractivity contribution in [2.45, 2.75) is 169 Å². The zero-order chi connectivity index (χ0) is 80.5. The van der Waals surface area contributed by atoms with E-state index in [4.69, 9.17) is 65.4 Å². The maximum atomic E-state index is 15.2. The number of carbonyl (C=O) groups is 2. The number of benzene rings is 7. The fourth-order valence-electron chi connectivity index (χ4n) is 17.0. The lowest BCUT2D eigenvalue weighted by molar-refractivity contribution is 0.103. The fraction of sp³-hybridized carbons (Fsp3) is 0.347. The van der Waals surface area contributed by atoms with Crippen LogP contribution in [-0.4, -0.2) is 38.0 Å². The van der Waals surface area contributed by atoms with Crippen LogP contribution < -0.4 is 18.9 Å². The summed E-state index contributed by atoms with van der Waals surface area (Å²) in [5.41, 5.74) is 8.54. The minimum absolute atomic E-state index is 0.166. The number of hydrogen-bond acceptors (Lipinski definition) is 12. The van der Waals surface area contributed by atoms with Gasteiger partial charge in [0.2, 0.25) is 0 Å². The predicted octanol–water partition coefficient (Wildman–Crippen LogP) is 27.7. The first-order valence-corrected chi connectivity index (χ1v) is 43.6. The Kier molecular flexibility index (Phi) is 26.5. The van der Waals surface area contributed by atoms with Gasteiger partial charge >= 0.3 is 0 Å². The van der Waals surface area contributed by atoms with Gasteiger partial charge in [0.1, 0.15) is 58.4 Å². The molecule has 0 fully saturated rings. The van der Waals surface area contributed by atoms with E-state index in [0.29, 0.717) is 71.0 Å². The van der Waals surface area contributed by atoms with Gasteiger partial charge in [-0.25, -0.2) is 0 Å². The number of Topliss-reactive ketones (excluding diaryl/α,β-unsaturated/α-hetero) is 2. The van der Waals surface area contributed by atoms with Crippen molar-refractivity contribution in [2.24, 2.45) is 23.7 Å². The number of unbranched alkanes of at least 4 members (excludes halogenated alkanes) is 4. The normalized spacial score (nSPS) is 17.2. The topological polar surface area (TPSA) is 166 Å². The molecule has 7 aromatic carbocycles. The first kappa shape index (κ1) is 82.5. The van der Waals surface area contributed by atoms with Gasteiger partial charge in [0.25, 0.3) is 0 Å². The van der Waals surface area contributed by atoms with Gasteiger partial charge in [0.15, 0.2) is 11.6 Å². The number of hydrogen-bond donors (Lipinski definition) is 0. The summed E-state index contributed by atoms with van der Waals surface area (Å²) in [5.74, 6) is 3.70. The van der Waals surface area contributed by atoms with Crippen LogP contribution in [0, 0.1) is 69.0 Å². The summed E-state index contributed by atoms with van der Waals surface area (Å²) in [6, 6.07) is 57.7. The minimum Gasteiger partial charge on any atom is -0.493 e. The number of ketones is 2. The molecule has 4 atom stereocenters. The molecule has 0 saturated carbocycles. The number of nitrogens with zero attached hydrogens (tertiary/aromatic N) is 4. The van der Waals surface area contributed by atoms with Crippen molar-refractivity contribution < 1.29 is 28.5 Å². The third-order valence-electron chi connectivity index (χ3n) is 23.7. The van der Waals surface area contributed by atoms with Gasteiger partial charge in [-0.2, -0.15) is 21.0 Å². The lowest BCUT2D eigenvalue weighted by Crippen LogP contribution is -2.29. The molecule has 2 aromatic heterocycles. The van der Waals surface area contributed by atoms with E-state index in [1.165, 1.54) is 12.1 Å². The van der Waals surface area contributed by atoms with E-state index in [1.807, 2.05) is 12.2 Å². The molecule has 4 aliphatic carbocycles.